The summed E-state index contributed by atoms with van der Waals surface area (Å²) < 4.78 is 26.8. The smallest absolute Gasteiger partial charge is 0.416 e. The maximum Gasteiger partial charge on any atom is 0.416 e. The molecule has 0 N–H and O–H groups in total. The lowest BCUT2D eigenvalue weighted by molar-refractivity contribution is 0.0528. The molecule has 0 radical (unpaired) electrons. The number of amides is 2. The molecule has 2 aliphatic carbocycles. The van der Waals surface area contributed by atoms with Crippen molar-refractivity contribution in [3.63, 3.8) is 0 Å². The van der Waals surface area contributed by atoms with Crippen LogP contribution in [-0.2, 0) is 9.16 Å². The van der Waals surface area contributed by atoms with Gasteiger partial charge in [-0.25, -0.2) is 9.69 Å². The SMILES string of the molecule is C=CCOC(=O)N1c2cc(O[Si](C(C)C)(C(C)C)C(C)C)c(OC3CC3)cc2C(=O)N2CC3(CC3)C[C@H]2C1O[Si](C)(C)C(C)(C)C. The predicted molar refractivity (Wildman–Crippen MR) is 189 cm³/mol. The lowest BCUT2D eigenvalue weighted by Gasteiger charge is -2.44. The summed E-state index contributed by atoms with van der Waals surface area (Å²) in [5, 5.41) is -0.114. The van der Waals surface area contributed by atoms with E-state index in [2.05, 4.69) is 82.0 Å². The molecule has 0 aromatic heterocycles. The number of fused-ring (bicyclic) bond motifs is 2. The molecule has 1 unspecified atom stereocenters. The minimum absolute atomic E-state index is 0.0556. The largest absolute Gasteiger partial charge is 0.540 e. The van der Waals surface area contributed by atoms with Crippen molar-refractivity contribution in [3.8, 4) is 11.5 Å². The van der Waals surface area contributed by atoms with E-state index in [1.807, 2.05) is 17.0 Å². The Morgan fingerprint density at radius 3 is 2.15 bits per heavy atom. The van der Waals surface area contributed by atoms with Crippen LogP contribution in [0.3, 0.4) is 0 Å². The molecule has 8 nitrogen and oxygen atoms in total. The lowest BCUT2D eigenvalue weighted by Crippen LogP contribution is -2.58. The number of hydrogen-bond donors (Lipinski definition) is 0. The van der Waals surface area contributed by atoms with E-state index >= 15 is 0 Å². The Kier molecular flexibility index (Phi) is 9.36. The molecular formula is C36H58N2O6Si2. The number of hydrogen-bond acceptors (Lipinski definition) is 6. The Balaban J connectivity index is 1.74. The zero-order valence-electron chi connectivity index (χ0n) is 30.2. The molecule has 2 aliphatic heterocycles. The van der Waals surface area contributed by atoms with Crippen LogP contribution in [0, 0.1) is 5.41 Å². The third-order valence-corrected chi connectivity index (χ3v) is 21.9. The maximum atomic E-state index is 14.7. The zero-order chi connectivity index (χ0) is 34.0. The molecule has 0 bridgehead atoms. The number of rotatable bonds is 11. The number of anilines is 1. The van der Waals surface area contributed by atoms with Gasteiger partial charge in [0.25, 0.3) is 14.2 Å². The van der Waals surface area contributed by atoms with Crippen molar-refractivity contribution in [3.05, 3.63) is 30.4 Å². The van der Waals surface area contributed by atoms with Crippen LogP contribution >= 0.6 is 0 Å². The standard InChI is InChI=1S/C36H58N2O6Si2/c1-13-18-41-34(40)38-28-20-31(43-46(23(2)3,24(4)5)25(6)7)30(42-26-14-15-26)19-27(28)32(39)37-22-36(16-17-36)21-29(37)33(38)44-45(11,12)35(8,9)10/h13,19-20,23-26,29,33H,1,14-18,21-22H2,2-12H3/t29-,33?/m0/s1. The number of benzene rings is 1. The highest BCUT2D eigenvalue weighted by Crippen LogP contribution is 2.58. The summed E-state index contributed by atoms with van der Waals surface area (Å²) >= 11 is 0. The number of carbonyl (C=O) groups excluding carboxylic acids is 2. The second-order valence-corrected chi connectivity index (χ2v) is 26.9. The summed E-state index contributed by atoms with van der Waals surface area (Å²) in [7, 11) is -4.88. The molecule has 2 amide bonds. The van der Waals surface area contributed by atoms with Crippen molar-refractivity contribution in [1.82, 2.24) is 4.90 Å². The first-order valence-electron chi connectivity index (χ1n) is 17.5. The van der Waals surface area contributed by atoms with Gasteiger partial charge in [0.05, 0.1) is 23.4 Å². The summed E-state index contributed by atoms with van der Waals surface area (Å²) in [6.45, 7) is 29.0. The second kappa shape index (κ2) is 12.3. The summed E-state index contributed by atoms with van der Waals surface area (Å²) in [5.41, 5.74) is 1.98. The minimum atomic E-state index is -2.44. The van der Waals surface area contributed by atoms with Crippen molar-refractivity contribution >= 4 is 34.3 Å². The van der Waals surface area contributed by atoms with Gasteiger partial charge in [0, 0.05) is 12.6 Å². The summed E-state index contributed by atoms with van der Waals surface area (Å²) in [6, 6.07) is 3.45. The van der Waals surface area contributed by atoms with Gasteiger partial charge in [-0.05, 0) is 78.3 Å². The van der Waals surface area contributed by atoms with Gasteiger partial charge < -0.3 is 23.2 Å². The molecule has 4 aliphatic rings. The van der Waals surface area contributed by atoms with Crippen LogP contribution in [0.2, 0.25) is 34.8 Å². The topological polar surface area (TPSA) is 77.5 Å². The average molecular weight is 671 g/mol. The van der Waals surface area contributed by atoms with Crippen LogP contribution in [0.5, 0.6) is 11.5 Å². The molecule has 2 heterocycles. The van der Waals surface area contributed by atoms with E-state index in [0.717, 1.165) is 32.1 Å². The Labute approximate surface area is 279 Å². The molecule has 5 rings (SSSR count). The monoisotopic (exact) mass is 670 g/mol. The molecule has 1 saturated heterocycles. The zero-order valence-corrected chi connectivity index (χ0v) is 32.2. The van der Waals surface area contributed by atoms with E-state index in [4.69, 9.17) is 18.3 Å². The molecular weight excluding hydrogens is 613 g/mol. The average Bonchev–Trinajstić information content (AvgIpc) is 3.87. The quantitative estimate of drug-likeness (QED) is 0.173. The molecule has 3 fully saturated rings. The first-order valence-corrected chi connectivity index (χ1v) is 22.5. The van der Waals surface area contributed by atoms with E-state index < -0.39 is 29.0 Å². The fourth-order valence-electron chi connectivity index (χ4n) is 7.59. The van der Waals surface area contributed by atoms with Crippen LogP contribution in [0.1, 0.15) is 105 Å². The Hall–Kier alpha value is -2.31. The minimum Gasteiger partial charge on any atom is -0.540 e. The van der Waals surface area contributed by atoms with Crippen LogP contribution < -0.4 is 14.1 Å². The summed E-state index contributed by atoms with van der Waals surface area (Å²) in [4.78, 5) is 32.6. The molecule has 2 saturated carbocycles. The van der Waals surface area contributed by atoms with E-state index in [1.165, 1.54) is 0 Å². The summed E-state index contributed by atoms with van der Waals surface area (Å²) in [6.07, 6.45) is 5.36. The molecule has 10 heteroatoms. The van der Waals surface area contributed by atoms with Gasteiger partial charge >= 0.3 is 6.09 Å². The fraction of sp³-hybridized carbons (Fsp3) is 0.722. The van der Waals surface area contributed by atoms with Gasteiger partial charge in [-0.3, -0.25) is 4.79 Å². The van der Waals surface area contributed by atoms with Crippen molar-refractivity contribution in [2.45, 2.75) is 148 Å². The maximum absolute atomic E-state index is 14.7. The van der Waals surface area contributed by atoms with Crippen LogP contribution in [-0.4, -0.2) is 65.1 Å². The predicted octanol–water partition coefficient (Wildman–Crippen LogP) is 9.27. The van der Waals surface area contributed by atoms with Gasteiger partial charge in [0.15, 0.2) is 20.3 Å². The van der Waals surface area contributed by atoms with Gasteiger partial charge in [0.1, 0.15) is 12.4 Å². The van der Waals surface area contributed by atoms with Crippen molar-refractivity contribution in [1.29, 1.82) is 0 Å². The molecule has 46 heavy (non-hydrogen) atoms. The lowest BCUT2D eigenvalue weighted by atomic mass is 10.0. The normalized spacial score (nSPS) is 22.7. The Morgan fingerprint density at radius 1 is 1.04 bits per heavy atom. The third-order valence-electron chi connectivity index (χ3n) is 11.5. The molecule has 1 spiro atoms. The molecule has 1 aromatic rings. The van der Waals surface area contributed by atoms with Crippen LogP contribution in [0.25, 0.3) is 0 Å². The number of carbonyl (C=O) groups is 2. The first kappa shape index (κ1) is 35.0. The van der Waals surface area contributed by atoms with Gasteiger partial charge in [0.2, 0.25) is 0 Å². The molecule has 2 atom stereocenters. The van der Waals surface area contributed by atoms with E-state index in [9.17, 15) is 9.59 Å². The van der Waals surface area contributed by atoms with Crippen LogP contribution in [0.15, 0.2) is 24.8 Å². The first-order chi connectivity index (χ1) is 21.4. The highest BCUT2D eigenvalue weighted by molar-refractivity contribution is 6.78. The van der Waals surface area contributed by atoms with E-state index in [1.54, 1.807) is 11.0 Å². The highest BCUT2D eigenvalue weighted by atomic mass is 28.4. The van der Waals surface area contributed by atoms with Gasteiger partial charge in [-0.1, -0.05) is 75.0 Å². The van der Waals surface area contributed by atoms with Crippen molar-refractivity contribution in [2.24, 2.45) is 5.41 Å². The molecule has 1 aromatic carbocycles. The number of nitrogens with zero attached hydrogens (tertiary/aromatic N) is 2. The number of ether oxygens (including phenoxy) is 2. The molecule has 256 valence electrons. The highest BCUT2D eigenvalue weighted by Gasteiger charge is 2.60. The van der Waals surface area contributed by atoms with Crippen LogP contribution in [0.4, 0.5) is 10.5 Å². The Bertz CT molecular complexity index is 1320. The second-order valence-electron chi connectivity index (χ2n) is 16.8. The van der Waals surface area contributed by atoms with Crippen molar-refractivity contribution in [2.75, 3.05) is 18.1 Å². The van der Waals surface area contributed by atoms with E-state index in [-0.39, 0.29) is 35.1 Å². The van der Waals surface area contributed by atoms with Gasteiger partial charge in [-0.2, -0.15) is 0 Å². The van der Waals surface area contributed by atoms with Gasteiger partial charge in [-0.15, -0.1) is 0 Å². The van der Waals surface area contributed by atoms with Crippen molar-refractivity contribution < 1.29 is 27.9 Å². The fourth-order valence-corrected chi connectivity index (χ4v) is 14.1. The summed E-state index contributed by atoms with van der Waals surface area (Å²) in [5.74, 6) is 1.11. The third kappa shape index (κ3) is 6.30. The van der Waals surface area contributed by atoms with E-state index in [0.29, 0.717) is 45.9 Å². The Morgan fingerprint density at radius 2 is 1.65 bits per heavy atom.